The lowest BCUT2D eigenvalue weighted by Crippen LogP contribution is -2.22. The van der Waals surface area contributed by atoms with Crippen molar-refractivity contribution in [3.8, 4) is 11.4 Å². The Bertz CT molecular complexity index is 783. The molecule has 4 rings (SSSR count). The highest BCUT2D eigenvalue weighted by molar-refractivity contribution is 5.93. The van der Waals surface area contributed by atoms with Crippen molar-refractivity contribution in [2.45, 2.75) is 12.5 Å². The van der Waals surface area contributed by atoms with Crippen molar-refractivity contribution in [3.63, 3.8) is 0 Å². The van der Waals surface area contributed by atoms with Gasteiger partial charge >= 0.3 is 0 Å². The minimum absolute atomic E-state index is 0.253. The van der Waals surface area contributed by atoms with E-state index in [2.05, 4.69) is 19.9 Å². The number of fused-ring (bicyclic) bond motifs is 1. The van der Waals surface area contributed by atoms with Gasteiger partial charge in [-0.15, -0.1) is 0 Å². The summed E-state index contributed by atoms with van der Waals surface area (Å²) in [6, 6.07) is 10.0. The lowest BCUT2D eigenvalue weighted by atomic mass is 10.1. The van der Waals surface area contributed by atoms with Crippen LogP contribution < -0.4 is 4.90 Å². The summed E-state index contributed by atoms with van der Waals surface area (Å²) in [5.41, 5.74) is 2.11. The van der Waals surface area contributed by atoms with Gasteiger partial charge in [0.2, 0.25) is 0 Å². The summed E-state index contributed by atoms with van der Waals surface area (Å²) in [6.07, 6.45) is 4.26. The van der Waals surface area contributed by atoms with Crippen molar-refractivity contribution < 1.29 is 5.11 Å². The molecule has 0 radical (unpaired) electrons. The Morgan fingerprint density at radius 2 is 2.19 bits per heavy atom. The van der Waals surface area contributed by atoms with Gasteiger partial charge in [-0.2, -0.15) is 0 Å². The van der Waals surface area contributed by atoms with E-state index < -0.39 is 0 Å². The number of aliphatic hydroxyl groups excluding tert-OH is 1. The van der Waals surface area contributed by atoms with Crippen molar-refractivity contribution in [2.75, 3.05) is 18.0 Å². The van der Waals surface area contributed by atoms with E-state index in [1.807, 2.05) is 36.5 Å². The fourth-order valence-corrected chi connectivity index (χ4v) is 2.89. The van der Waals surface area contributed by atoms with E-state index in [4.69, 9.17) is 0 Å². The Morgan fingerprint density at radius 3 is 3.05 bits per heavy atom. The van der Waals surface area contributed by atoms with Gasteiger partial charge in [-0.3, -0.25) is 0 Å². The normalized spacial score (nSPS) is 18.5. The van der Waals surface area contributed by atoms with Crippen molar-refractivity contribution in [1.29, 1.82) is 0 Å². The van der Waals surface area contributed by atoms with E-state index >= 15 is 0 Å². The zero-order valence-electron chi connectivity index (χ0n) is 11.5. The van der Waals surface area contributed by atoms with Gasteiger partial charge in [0.05, 0.1) is 6.10 Å². The molecule has 2 aromatic heterocycles. The molecule has 5 nitrogen and oxygen atoms in total. The largest absolute Gasteiger partial charge is 0.391 e. The molecule has 1 saturated heterocycles. The summed E-state index contributed by atoms with van der Waals surface area (Å²) in [7, 11) is 0. The number of aromatic amines is 1. The Kier molecular flexibility index (Phi) is 2.86. The summed E-state index contributed by atoms with van der Waals surface area (Å²) in [4.78, 5) is 14.4. The van der Waals surface area contributed by atoms with Crippen molar-refractivity contribution in [3.05, 3.63) is 42.7 Å². The predicted molar refractivity (Wildman–Crippen MR) is 82.2 cm³/mol. The second kappa shape index (κ2) is 4.86. The number of aliphatic hydroxyl groups is 1. The average Bonchev–Trinajstić information content (AvgIpc) is 3.15. The average molecular weight is 280 g/mol. The Morgan fingerprint density at radius 1 is 1.24 bits per heavy atom. The predicted octanol–water partition coefficient (Wildman–Crippen LogP) is 2.20. The van der Waals surface area contributed by atoms with E-state index in [0.29, 0.717) is 6.54 Å². The molecule has 0 amide bonds. The fraction of sp³-hybridized carbons (Fsp3) is 0.250. The molecule has 1 aliphatic heterocycles. The molecule has 21 heavy (non-hydrogen) atoms. The van der Waals surface area contributed by atoms with E-state index in [1.54, 1.807) is 6.20 Å². The lowest BCUT2D eigenvalue weighted by Gasteiger charge is -2.16. The number of hydrogen-bond donors (Lipinski definition) is 2. The maximum absolute atomic E-state index is 9.67. The molecule has 1 aliphatic rings. The quantitative estimate of drug-likeness (QED) is 0.755. The van der Waals surface area contributed by atoms with E-state index in [1.165, 1.54) is 0 Å². The highest BCUT2D eigenvalue weighted by Crippen LogP contribution is 2.27. The minimum Gasteiger partial charge on any atom is -0.391 e. The van der Waals surface area contributed by atoms with Crippen LogP contribution in [0.5, 0.6) is 0 Å². The minimum atomic E-state index is -0.253. The molecule has 5 heteroatoms. The second-order valence-corrected chi connectivity index (χ2v) is 5.37. The molecule has 0 saturated carbocycles. The number of nitrogens with one attached hydrogen (secondary N) is 1. The van der Waals surface area contributed by atoms with Crippen molar-refractivity contribution >= 4 is 16.7 Å². The number of hydrogen-bond acceptors (Lipinski definition) is 4. The number of β-amino-alcohol motifs (C(OH)–C–C–N with tert-alkyl or cyclic N) is 1. The van der Waals surface area contributed by atoms with Crippen LogP contribution in [0.25, 0.3) is 22.3 Å². The fourth-order valence-electron chi connectivity index (χ4n) is 2.89. The maximum atomic E-state index is 9.67. The van der Waals surface area contributed by atoms with Crippen molar-refractivity contribution in [2.24, 2.45) is 0 Å². The molecular weight excluding hydrogens is 264 g/mol. The zero-order chi connectivity index (χ0) is 14.2. The van der Waals surface area contributed by atoms with Crippen LogP contribution in [0.2, 0.25) is 0 Å². The number of H-pyrrole nitrogens is 1. The van der Waals surface area contributed by atoms with Crippen LogP contribution in [0.4, 0.5) is 5.82 Å². The first-order valence-electron chi connectivity index (χ1n) is 7.14. The first-order chi connectivity index (χ1) is 10.3. The zero-order valence-corrected chi connectivity index (χ0v) is 11.5. The Balaban J connectivity index is 1.77. The molecule has 1 aromatic carbocycles. The number of rotatable bonds is 2. The van der Waals surface area contributed by atoms with Gasteiger partial charge < -0.3 is 15.0 Å². The summed E-state index contributed by atoms with van der Waals surface area (Å²) in [5, 5.41) is 10.8. The molecule has 2 N–H and O–H groups in total. The van der Waals surface area contributed by atoms with Crippen LogP contribution in [0.15, 0.2) is 42.7 Å². The molecule has 0 unspecified atom stereocenters. The van der Waals surface area contributed by atoms with Crippen LogP contribution in [0.1, 0.15) is 6.42 Å². The SMILES string of the molecule is O[C@H]1CCN(c2ccnc(-c3cccc4[nH]ccc34)n2)C1. The van der Waals surface area contributed by atoms with Crippen molar-refractivity contribution in [1.82, 2.24) is 15.0 Å². The molecular formula is C16H16N4O. The number of aromatic nitrogens is 3. The molecule has 1 fully saturated rings. The first-order valence-corrected chi connectivity index (χ1v) is 7.14. The highest BCUT2D eigenvalue weighted by Gasteiger charge is 2.21. The summed E-state index contributed by atoms with van der Waals surface area (Å²) >= 11 is 0. The van der Waals surface area contributed by atoms with E-state index in [-0.39, 0.29) is 6.10 Å². The third-order valence-electron chi connectivity index (χ3n) is 3.96. The standard InChI is InChI=1S/C16H16N4O/c21-11-6-9-20(10-11)15-5-8-18-16(19-15)13-2-1-3-14-12(13)4-7-17-14/h1-5,7-8,11,17,21H,6,9-10H2/t11-/m0/s1. The van der Waals surface area contributed by atoms with Gasteiger partial charge in [-0.05, 0) is 24.6 Å². The Hall–Kier alpha value is -2.40. The van der Waals surface area contributed by atoms with Gasteiger partial charge in [0, 0.05) is 41.9 Å². The molecule has 3 heterocycles. The lowest BCUT2D eigenvalue weighted by molar-refractivity contribution is 0.198. The molecule has 1 atom stereocenters. The van der Waals surface area contributed by atoms with E-state index in [9.17, 15) is 5.11 Å². The molecule has 0 spiro atoms. The number of benzene rings is 1. The van der Waals surface area contributed by atoms with Gasteiger partial charge in [-0.25, -0.2) is 9.97 Å². The van der Waals surface area contributed by atoms with Gasteiger partial charge in [0.1, 0.15) is 5.82 Å². The molecule has 0 bridgehead atoms. The Labute approximate surface area is 122 Å². The smallest absolute Gasteiger partial charge is 0.162 e. The summed E-state index contributed by atoms with van der Waals surface area (Å²) in [6.45, 7) is 1.48. The van der Waals surface area contributed by atoms with Gasteiger partial charge in [0.15, 0.2) is 5.82 Å². The molecule has 0 aliphatic carbocycles. The summed E-state index contributed by atoms with van der Waals surface area (Å²) in [5.74, 6) is 1.60. The van der Waals surface area contributed by atoms with E-state index in [0.717, 1.165) is 41.1 Å². The van der Waals surface area contributed by atoms with Crippen LogP contribution in [0.3, 0.4) is 0 Å². The number of nitrogens with zero attached hydrogens (tertiary/aromatic N) is 3. The number of anilines is 1. The topological polar surface area (TPSA) is 65.0 Å². The highest BCUT2D eigenvalue weighted by atomic mass is 16.3. The van der Waals surface area contributed by atoms with Gasteiger partial charge in [-0.1, -0.05) is 12.1 Å². The third kappa shape index (κ3) is 2.15. The maximum Gasteiger partial charge on any atom is 0.162 e. The summed E-state index contributed by atoms with van der Waals surface area (Å²) < 4.78 is 0. The molecule has 3 aromatic rings. The van der Waals surface area contributed by atoms with Crippen LogP contribution in [0, 0.1) is 0 Å². The monoisotopic (exact) mass is 280 g/mol. The van der Waals surface area contributed by atoms with Crippen LogP contribution >= 0.6 is 0 Å². The van der Waals surface area contributed by atoms with Gasteiger partial charge in [0.25, 0.3) is 0 Å². The first kappa shape index (κ1) is 12.3. The van der Waals surface area contributed by atoms with Crippen LogP contribution in [-0.2, 0) is 0 Å². The molecule has 106 valence electrons. The second-order valence-electron chi connectivity index (χ2n) is 5.37. The van der Waals surface area contributed by atoms with Crippen LogP contribution in [-0.4, -0.2) is 39.3 Å². The third-order valence-corrected chi connectivity index (χ3v) is 3.96.